The lowest BCUT2D eigenvalue weighted by Gasteiger charge is -2.16. The van der Waals surface area contributed by atoms with Gasteiger partial charge in [0.15, 0.2) is 11.5 Å². The Hall–Kier alpha value is -1.26. The molecule has 0 saturated heterocycles. The zero-order valence-electron chi connectivity index (χ0n) is 11.4. The lowest BCUT2D eigenvalue weighted by atomic mass is 10.1. The molecule has 1 aromatic rings. The van der Waals surface area contributed by atoms with Crippen LogP contribution in [0, 0.1) is 0 Å². The fourth-order valence-corrected chi connectivity index (χ4v) is 2.01. The van der Waals surface area contributed by atoms with Crippen LogP contribution in [0.5, 0.6) is 11.5 Å². The second kappa shape index (κ2) is 6.07. The molecule has 2 rings (SSSR count). The molecule has 1 aliphatic rings. The quantitative estimate of drug-likeness (QED) is 0.783. The SMILES string of the molecule is CC(NCCCN(C)C)c1ccc2c(c1)OCO2. The summed E-state index contributed by atoms with van der Waals surface area (Å²) in [5.74, 6) is 1.70. The first kappa shape index (κ1) is 13.2. The van der Waals surface area contributed by atoms with E-state index in [1.807, 2.05) is 6.07 Å². The summed E-state index contributed by atoms with van der Waals surface area (Å²) in [5, 5.41) is 3.52. The average Bonchev–Trinajstić information content (AvgIpc) is 2.81. The van der Waals surface area contributed by atoms with Gasteiger partial charge in [0, 0.05) is 6.04 Å². The van der Waals surface area contributed by atoms with Gasteiger partial charge in [-0.1, -0.05) is 6.07 Å². The average molecular weight is 250 g/mol. The van der Waals surface area contributed by atoms with Crippen molar-refractivity contribution < 1.29 is 9.47 Å². The van der Waals surface area contributed by atoms with E-state index in [0.717, 1.165) is 31.0 Å². The zero-order chi connectivity index (χ0) is 13.0. The summed E-state index contributed by atoms with van der Waals surface area (Å²) >= 11 is 0. The lowest BCUT2D eigenvalue weighted by Crippen LogP contribution is -2.23. The first-order valence-corrected chi connectivity index (χ1v) is 6.44. The maximum Gasteiger partial charge on any atom is 0.231 e. The van der Waals surface area contributed by atoms with Crippen molar-refractivity contribution in [3.8, 4) is 11.5 Å². The Balaban J connectivity index is 1.83. The monoisotopic (exact) mass is 250 g/mol. The maximum absolute atomic E-state index is 5.39. The summed E-state index contributed by atoms with van der Waals surface area (Å²) in [6.07, 6.45) is 1.15. The molecule has 0 bridgehead atoms. The molecule has 1 atom stereocenters. The van der Waals surface area contributed by atoms with Crippen LogP contribution in [0.2, 0.25) is 0 Å². The minimum absolute atomic E-state index is 0.335. The second-order valence-electron chi connectivity index (χ2n) is 4.95. The molecule has 0 aromatic heterocycles. The topological polar surface area (TPSA) is 33.7 Å². The van der Waals surface area contributed by atoms with E-state index in [9.17, 15) is 0 Å². The van der Waals surface area contributed by atoms with Crippen LogP contribution in [0.1, 0.15) is 24.9 Å². The van der Waals surface area contributed by atoms with Crippen LogP contribution < -0.4 is 14.8 Å². The van der Waals surface area contributed by atoms with Crippen LogP contribution in [-0.2, 0) is 0 Å². The Morgan fingerprint density at radius 2 is 2.06 bits per heavy atom. The largest absolute Gasteiger partial charge is 0.454 e. The van der Waals surface area contributed by atoms with Crippen LogP contribution in [0.3, 0.4) is 0 Å². The number of hydrogen-bond acceptors (Lipinski definition) is 4. The van der Waals surface area contributed by atoms with E-state index >= 15 is 0 Å². The van der Waals surface area contributed by atoms with E-state index in [1.165, 1.54) is 5.56 Å². The molecule has 100 valence electrons. The fraction of sp³-hybridized carbons (Fsp3) is 0.571. The third kappa shape index (κ3) is 3.37. The van der Waals surface area contributed by atoms with Gasteiger partial charge in [0.1, 0.15) is 0 Å². The molecular weight excluding hydrogens is 228 g/mol. The molecule has 1 heterocycles. The highest BCUT2D eigenvalue weighted by molar-refractivity contribution is 5.45. The number of hydrogen-bond donors (Lipinski definition) is 1. The first-order valence-electron chi connectivity index (χ1n) is 6.44. The van der Waals surface area contributed by atoms with Crippen LogP contribution in [-0.4, -0.2) is 38.9 Å². The summed E-state index contributed by atoms with van der Waals surface area (Å²) in [5.41, 5.74) is 1.24. The summed E-state index contributed by atoms with van der Waals surface area (Å²) < 4.78 is 10.7. The summed E-state index contributed by atoms with van der Waals surface area (Å²) in [7, 11) is 4.20. The molecule has 0 radical (unpaired) electrons. The molecule has 1 unspecified atom stereocenters. The molecular formula is C14H22N2O2. The Bertz CT molecular complexity index is 393. The van der Waals surface area contributed by atoms with Gasteiger partial charge in [0.2, 0.25) is 6.79 Å². The summed E-state index contributed by atoms with van der Waals surface area (Å²) in [6.45, 7) is 4.64. The molecule has 0 saturated carbocycles. The van der Waals surface area contributed by atoms with Crippen molar-refractivity contribution in [1.82, 2.24) is 10.2 Å². The molecule has 4 heteroatoms. The standard InChI is InChI=1S/C14H22N2O2/c1-11(15-7-4-8-16(2)3)12-5-6-13-14(9-12)18-10-17-13/h5-6,9,11,15H,4,7-8,10H2,1-3H3. The minimum atomic E-state index is 0.335. The maximum atomic E-state index is 5.39. The predicted molar refractivity (Wildman–Crippen MR) is 72.2 cm³/mol. The Labute approximate surface area is 109 Å². The number of fused-ring (bicyclic) bond motifs is 1. The van der Waals surface area contributed by atoms with Gasteiger partial charge in [0.25, 0.3) is 0 Å². The van der Waals surface area contributed by atoms with E-state index in [-0.39, 0.29) is 0 Å². The van der Waals surface area contributed by atoms with Crippen molar-refractivity contribution in [3.63, 3.8) is 0 Å². The van der Waals surface area contributed by atoms with Crippen molar-refractivity contribution in [3.05, 3.63) is 23.8 Å². The Kier molecular flexibility index (Phi) is 4.44. The number of ether oxygens (including phenoxy) is 2. The molecule has 1 N–H and O–H groups in total. The highest BCUT2D eigenvalue weighted by Gasteiger charge is 2.15. The smallest absolute Gasteiger partial charge is 0.231 e. The second-order valence-corrected chi connectivity index (χ2v) is 4.95. The Morgan fingerprint density at radius 1 is 1.28 bits per heavy atom. The fourth-order valence-electron chi connectivity index (χ4n) is 2.01. The van der Waals surface area contributed by atoms with Gasteiger partial charge in [-0.15, -0.1) is 0 Å². The minimum Gasteiger partial charge on any atom is -0.454 e. The number of nitrogens with one attached hydrogen (secondary N) is 1. The van der Waals surface area contributed by atoms with Gasteiger partial charge in [-0.3, -0.25) is 0 Å². The van der Waals surface area contributed by atoms with Crippen molar-refractivity contribution >= 4 is 0 Å². The van der Waals surface area contributed by atoms with Gasteiger partial charge in [-0.25, -0.2) is 0 Å². The third-order valence-corrected chi connectivity index (χ3v) is 3.13. The molecule has 0 fully saturated rings. The van der Waals surface area contributed by atoms with Gasteiger partial charge in [-0.2, -0.15) is 0 Å². The number of benzene rings is 1. The van der Waals surface area contributed by atoms with Gasteiger partial charge in [0.05, 0.1) is 0 Å². The number of rotatable bonds is 6. The normalized spacial score (nSPS) is 15.1. The van der Waals surface area contributed by atoms with Crippen molar-refractivity contribution in [2.75, 3.05) is 34.0 Å². The summed E-state index contributed by atoms with van der Waals surface area (Å²) in [6, 6.07) is 6.47. The molecule has 0 spiro atoms. The van der Waals surface area contributed by atoms with E-state index < -0.39 is 0 Å². The van der Waals surface area contributed by atoms with E-state index in [2.05, 4.69) is 43.4 Å². The van der Waals surface area contributed by atoms with E-state index in [4.69, 9.17) is 9.47 Å². The van der Waals surface area contributed by atoms with Crippen molar-refractivity contribution in [2.24, 2.45) is 0 Å². The molecule has 0 aliphatic carbocycles. The zero-order valence-corrected chi connectivity index (χ0v) is 11.4. The highest BCUT2D eigenvalue weighted by atomic mass is 16.7. The summed E-state index contributed by atoms with van der Waals surface area (Å²) in [4.78, 5) is 2.20. The highest BCUT2D eigenvalue weighted by Crippen LogP contribution is 2.34. The molecule has 1 aromatic carbocycles. The van der Waals surface area contributed by atoms with Crippen molar-refractivity contribution in [2.45, 2.75) is 19.4 Å². The first-order chi connectivity index (χ1) is 8.66. The van der Waals surface area contributed by atoms with Crippen molar-refractivity contribution in [1.29, 1.82) is 0 Å². The molecule has 1 aliphatic heterocycles. The number of nitrogens with zero attached hydrogens (tertiary/aromatic N) is 1. The molecule has 4 nitrogen and oxygen atoms in total. The van der Waals surface area contributed by atoms with Crippen LogP contribution in [0.4, 0.5) is 0 Å². The molecule has 18 heavy (non-hydrogen) atoms. The van der Waals surface area contributed by atoms with Crippen LogP contribution in [0.15, 0.2) is 18.2 Å². The Morgan fingerprint density at radius 3 is 2.83 bits per heavy atom. The lowest BCUT2D eigenvalue weighted by molar-refractivity contribution is 0.174. The van der Waals surface area contributed by atoms with E-state index in [1.54, 1.807) is 0 Å². The van der Waals surface area contributed by atoms with Crippen LogP contribution in [0.25, 0.3) is 0 Å². The van der Waals surface area contributed by atoms with Crippen LogP contribution >= 0.6 is 0 Å². The predicted octanol–water partition coefficient (Wildman–Crippen LogP) is 2.02. The third-order valence-electron chi connectivity index (χ3n) is 3.13. The van der Waals surface area contributed by atoms with E-state index in [0.29, 0.717) is 12.8 Å². The van der Waals surface area contributed by atoms with Gasteiger partial charge >= 0.3 is 0 Å². The van der Waals surface area contributed by atoms with Gasteiger partial charge in [-0.05, 0) is 58.2 Å². The molecule has 0 amide bonds. The van der Waals surface area contributed by atoms with Gasteiger partial charge < -0.3 is 19.7 Å².